The number of aliphatic carboxylic acids is 1. The van der Waals surface area contributed by atoms with Crippen molar-refractivity contribution in [1.29, 1.82) is 0 Å². The van der Waals surface area contributed by atoms with Crippen LogP contribution in [0.3, 0.4) is 0 Å². The molecule has 0 aliphatic heterocycles. The normalized spacial score (nSPS) is 10.5. The van der Waals surface area contributed by atoms with Crippen LogP contribution >= 0.6 is 0 Å². The van der Waals surface area contributed by atoms with Gasteiger partial charge in [0.1, 0.15) is 5.75 Å². The summed E-state index contributed by atoms with van der Waals surface area (Å²) in [6.45, 7) is 7.04. The third-order valence-electron chi connectivity index (χ3n) is 3.68. The van der Waals surface area contributed by atoms with Gasteiger partial charge in [0.15, 0.2) is 6.61 Å². The largest absolute Gasteiger partial charge is 0.481 e. The first-order chi connectivity index (χ1) is 11.4. The van der Waals surface area contributed by atoms with Gasteiger partial charge in [-0.05, 0) is 43.5 Å². The zero-order chi connectivity index (χ0) is 18.1. The first-order valence-electron chi connectivity index (χ1n) is 8.14. The van der Waals surface area contributed by atoms with Crippen molar-refractivity contribution in [1.82, 2.24) is 4.90 Å². The number of amides is 1. The molecular weight excluding hydrogens is 310 g/mol. The Kier molecular flexibility index (Phi) is 8.26. The molecule has 6 nitrogen and oxygen atoms in total. The number of methoxy groups -OCH3 is 1. The SMILES string of the molecule is CCCCN(CCOC)C(=O)c1cc(C)c(OCC(=O)O)c(C)c1. The van der Waals surface area contributed by atoms with E-state index in [0.717, 1.165) is 24.0 Å². The molecule has 0 spiro atoms. The molecule has 0 unspecified atom stereocenters. The van der Waals surface area contributed by atoms with E-state index in [2.05, 4.69) is 6.92 Å². The number of carbonyl (C=O) groups excluding carboxylic acids is 1. The maximum Gasteiger partial charge on any atom is 0.341 e. The number of ether oxygens (including phenoxy) is 2. The lowest BCUT2D eigenvalue weighted by Crippen LogP contribution is -2.34. The van der Waals surface area contributed by atoms with E-state index in [1.807, 2.05) is 13.8 Å². The van der Waals surface area contributed by atoms with Crippen LogP contribution in [0, 0.1) is 13.8 Å². The summed E-state index contributed by atoms with van der Waals surface area (Å²) in [7, 11) is 1.62. The Balaban J connectivity index is 2.97. The van der Waals surface area contributed by atoms with E-state index in [-0.39, 0.29) is 5.91 Å². The molecular formula is C18H27NO5. The number of carboxylic acid groups (broad SMARTS) is 1. The van der Waals surface area contributed by atoms with E-state index in [1.165, 1.54) is 0 Å². The molecule has 1 aromatic carbocycles. The van der Waals surface area contributed by atoms with Crippen LogP contribution in [-0.4, -0.2) is 55.3 Å². The number of unbranched alkanes of at least 4 members (excludes halogenated alkanes) is 1. The second-order valence-electron chi connectivity index (χ2n) is 5.76. The standard InChI is InChI=1S/C18H27NO5/c1-5-6-7-19(8-9-23-4)18(22)15-10-13(2)17(14(3)11-15)24-12-16(20)21/h10-11H,5-9,12H2,1-4H3,(H,20,21). The van der Waals surface area contributed by atoms with Gasteiger partial charge in [0.05, 0.1) is 6.61 Å². The average Bonchev–Trinajstić information content (AvgIpc) is 2.53. The summed E-state index contributed by atoms with van der Waals surface area (Å²) in [6.07, 6.45) is 1.95. The molecule has 24 heavy (non-hydrogen) atoms. The highest BCUT2D eigenvalue weighted by atomic mass is 16.5. The van der Waals surface area contributed by atoms with Crippen molar-refractivity contribution >= 4 is 11.9 Å². The molecule has 0 aromatic heterocycles. The molecule has 0 aliphatic rings. The molecule has 0 saturated carbocycles. The molecule has 0 aliphatic carbocycles. The van der Waals surface area contributed by atoms with Gasteiger partial charge in [-0.15, -0.1) is 0 Å². The molecule has 0 bridgehead atoms. The van der Waals surface area contributed by atoms with Gasteiger partial charge >= 0.3 is 5.97 Å². The minimum absolute atomic E-state index is 0.0449. The number of rotatable bonds is 10. The highest BCUT2D eigenvalue weighted by molar-refractivity contribution is 5.95. The Labute approximate surface area is 143 Å². The Bertz CT molecular complexity index is 540. The predicted molar refractivity (Wildman–Crippen MR) is 91.7 cm³/mol. The van der Waals surface area contributed by atoms with Crippen LogP contribution in [0.5, 0.6) is 5.75 Å². The van der Waals surface area contributed by atoms with Crippen LogP contribution in [0.2, 0.25) is 0 Å². The number of benzene rings is 1. The number of hydrogen-bond donors (Lipinski definition) is 1. The third kappa shape index (κ3) is 5.85. The topological polar surface area (TPSA) is 76.1 Å². The van der Waals surface area contributed by atoms with Gasteiger partial charge in [-0.3, -0.25) is 4.79 Å². The lowest BCUT2D eigenvalue weighted by atomic mass is 10.0. The van der Waals surface area contributed by atoms with E-state index in [9.17, 15) is 9.59 Å². The van der Waals surface area contributed by atoms with Crippen molar-refractivity contribution in [3.63, 3.8) is 0 Å². The Morgan fingerprint density at radius 2 is 1.79 bits per heavy atom. The molecule has 1 aromatic rings. The zero-order valence-electron chi connectivity index (χ0n) is 14.9. The fraction of sp³-hybridized carbons (Fsp3) is 0.556. The molecule has 0 atom stereocenters. The van der Waals surface area contributed by atoms with E-state index in [0.29, 0.717) is 31.0 Å². The van der Waals surface area contributed by atoms with Crippen LogP contribution in [-0.2, 0) is 9.53 Å². The fourth-order valence-electron chi connectivity index (χ4n) is 2.48. The average molecular weight is 337 g/mol. The summed E-state index contributed by atoms with van der Waals surface area (Å²) in [4.78, 5) is 25.2. The highest BCUT2D eigenvalue weighted by Gasteiger charge is 2.18. The lowest BCUT2D eigenvalue weighted by molar-refractivity contribution is -0.139. The molecule has 1 amide bonds. The summed E-state index contributed by atoms with van der Waals surface area (Å²) < 4.78 is 10.4. The molecule has 0 heterocycles. The van der Waals surface area contributed by atoms with Crippen molar-refractivity contribution < 1.29 is 24.2 Å². The fourth-order valence-corrected chi connectivity index (χ4v) is 2.48. The molecule has 134 valence electrons. The van der Waals surface area contributed by atoms with Crippen molar-refractivity contribution in [3.05, 3.63) is 28.8 Å². The maximum atomic E-state index is 12.8. The van der Waals surface area contributed by atoms with Gasteiger partial charge in [0.2, 0.25) is 0 Å². The molecule has 6 heteroatoms. The van der Waals surface area contributed by atoms with E-state index in [1.54, 1.807) is 24.1 Å². The Morgan fingerprint density at radius 1 is 1.17 bits per heavy atom. The predicted octanol–water partition coefficient (Wildman–Crippen LogP) is 2.66. The molecule has 1 N–H and O–H groups in total. The Hall–Kier alpha value is -2.08. The third-order valence-corrected chi connectivity index (χ3v) is 3.68. The molecule has 0 fully saturated rings. The minimum Gasteiger partial charge on any atom is -0.481 e. The first kappa shape index (κ1) is 20.0. The second kappa shape index (κ2) is 9.93. The number of hydrogen-bond acceptors (Lipinski definition) is 4. The summed E-state index contributed by atoms with van der Waals surface area (Å²) in [5.74, 6) is -0.554. The summed E-state index contributed by atoms with van der Waals surface area (Å²) in [6, 6.07) is 3.50. The van der Waals surface area contributed by atoms with Gasteiger partial charge in [-0.25, -0.2) is 4.79 Å². The van der Waals surface area contributed by atoms with E-state index >= 15 is 0 Å². The number of carbonyl (C=O) groups is 2. The van der Waals surface area contributed by atoms with Crippen molar-refractivity contribution in [2.45, 2.75) is 33.6 Å². The van der Waals surface area contributed by atoms with Crippen LogP contribution < -0.4 is 4.74 Å². The van der Waals surface area contributed by atoms with E-state index < -0.39 is 12.6 Å². The lowest BCUT2D eigenvalue weighted by Gasteiger charge is -2.23. The molecule has 0 saturated heterocycles. The van der Waals surface area contributed by atoms with Crippen LogP contribution in [0.25, 0.3) is 0 Å². The van der Waals surface area contributed by atoms with Gasteiger partial charge in [-0.2, -0.15) is 0 Å². The van der Waals surface area contributed by atoms with Crippen LogP contribution in [0.4, 0.5) is 0 Å². The maximum absolute atomic E-state index is 12.8. The monoisotopic (exact) mass is 337 g/mol. The van der Waals surface area contributed by atoms with Gasteiger partial charge in [0, 0.05) is 25.8 Å². The summed E-state index contributed by atoms with van der Waals surface area (Å²) in [5, 5.41) is 8.74. The van der Waals surface area contributed by atoms with Crippen molar-refractivity contribution in [2.24, 2.45) is 0 Å². The van der Waals surface area contributed by atoms with Crippen molar-refractivity contribution in [3.8, 4) is 5.75 Å². The van der Waals surface area contributed by atoms with Crippen LogP contribution in [0.1, 0.15) is 41.3 Å². The van der Waals surface area contributed by atoms with Crippen LogP contribution in [0.15, 0.2) is 12.1 Å². The number of aryl methyl sites for hydroxylation is 2. The number of nitrogens with zero attached hydrogens (tertiary/aromatic N) is 1. The number of carboxylic acids is 1. The summed E-state index contributed by atoms with van der Waals surface area (Å²) in [5.41, 5.74) is 2.09. The van der Waals surface area contributed by atoms with Gasteiger partial charge in [0.25, 0.3) is 5.91 Å². The first-order valence-corrected chi connectivity index (χ1v) is 8.14. The van der Waals surface area contributed by atoms with Crippen molar-refractivity contribution in [2.75, 3.05) is 33.4 Å². The Morgan fingerprint density at radius 3 is 2.29 bits per heavy atom. The molecule has 0 radical (unpaired) electrons. The van der Waals surface area contributed by atoms with E-state index in [4.69, 9.17) is 14.6 Å². The zero-order valence-corrected chi connectivity index (χ0v) is 14.9. The summed E-state index contributed by atoms with van der Waals surface area (Å²) >= 11 is 0. The second-order valence-corrected chi connectivity index (χ2v) is 5.76. The van der Waals surface area contributed by atoms with Gasteiger partial charge < -0.3 is 19.5 Å². The highest BCUT2D eigenvalue weighted by Crippen LogP contribution is 2.25. The molecule has 1 rings (SSSR count). The van der Waals surface area contributed by atoms with Gasteiger partial charge in [-0.1, -0.05) is 13.3 Å². The minimum atomic E-state index is -1.03. The quantitative estimate of drug-likeness (QED) is 0.710. The smallest absolute Gasteiger partial charge is 0.341 e.